The maximum atomic E-state index is 12.1. The fourth-order valence-electron chi connectivity index (χ4n) is 2.54. The Morgan fingerprint density at radius 1 is 0.875 bits per heavy atom. The van der Waals surface area contributed by atoms with Crippen LogP contribution in [0.1, 0.15) is 15.9 Å². The van der Waals surface area contributed by atoms with Crippen LogP contribution >= 0.6 is 0 Å². The van der Waals surface area contributed by atoms with E-state index in [1.54, 1.807) is 30.3 Å². The number of hydrogen-bond donors (Lipinski definition) is 2. The normalized spacial score (nSPS) is 10.8. The topological polar surface area (TPSA) is 72.2 Å². The Kier molecular flexibility index (Phi) is 4.38. The number of carbonyl (C=O) groups is 2. The predicted molar refractivity (Wildman–Crippen MR) is 96.6 cm³/mol. The summed E-state index contributed by atoms with van der Waals surface area (Å²) >= 11 is 0. The zero-order valence-electron chi connectivity index (χ0n) is 12.9. The molecule has 0 saturated carbocycles. The van der Waals surface area contributed by atoms with Crippen LogP contribution in [0.5, 0.6) is 0 Å². The minimum atomic E-state index is -0.580. The summed E-state index contributed by atoms with van der Waals surface area (Å²) in [7, 11) is 0. The first-order valence-electron chi connectivity index (χ1n) is 7.51. The second-order valence-electron chi connectivity index (χ2n) is 5.30. The van der Waals surface area contributed by atoms with Crippen molar-refractivity contribution in [1.29, 1.82) is 0 Å². The molecule has 0 fully saturated rings. The van der Waals surface area contributed by atoms with Crippen molar-refractivity contribution in [3.63, 3.8) is 0 Å². The third-order valence-corrected chi connectivity index (χ3v) is 3.69. The van der Waals surface area contributed by atoms with E-state index in [9.17, 15) is 9.59 Å². The molecule has 0 aliphatic heterocycles. The summed E-state index contributed by atoms with van der Waals surface area (Å²) in [6.45, 7) is 0. The lowest BCUT2D eigenvalue weighted by Crippen LogP contribution is -2.16. The highest BCUT2D eigenvalue weighted by Crippen LogP contribution is 2.20. The summed E-state index contributed by atoms with van der Waals surface area (Å²) in [6, 6.07) is 20.5. The average Bonchev–Trinajstić information content (AvgIpc) is 2.60. The number of rotatable bonds is 4. The first-order chi connectivity index (χ1) is 11.6. The van der Waals surface area contributed by atoms with Gasteiger partial charge in [-0.2, -0.15) is 0 Å². The Hall–Kier alpha value is -3.40. The molecule has 0 aromatic heterocycles. The molecule has 0 unspecified atom stereocenters. The van der Waals surface area contributed by atoms with Crippen LogP contribution in [0.2, 0.25) is 0 Å². The van der Waals surface area contributed by atoms with Crippen LogP contribution in [0.15, 0.2) is 72.8 Å². The zero-order valence-corrected chi connectivity index (χ0v) is 12.9. The van der Waals surface area contributed by atoms with Gasteiger partial charge in [-0.25, -0.2) is 0 Å². The molecule has 0 aliphatic carbocycles. The maximum absolute atomic E-state index is 12.1. The van der Waals surface area contributed by atoms with E-state index in [1.165, 1.54) is 6.08 Å². The van der Waals surface area contributed by atoms with E-state index >= 15 is 0 Å². The molecule has 3 rings (SSSR count). The molecule has 3 aromatic carbocycles. The van der Waals surface area contributed by atoms with Gasteiger partial charge in [0.25, 0.3) is 5.91 Å². The molecule has 0 aliphatic rings. The number of anilines is 1. The van der Waals surface area contributed by atoms with Gasteiger partial charge in [-0.1, -0.05) is 54.6 Å². The van der Waals surface area contributed by atoms with Crippen LogP contribution in [0.4, 0.5) is 5.69 Å². The highest BCUT2D eigenvalue weighted by atomic mass is 16.2. The van der Waals surface area contributed by atoms with Gasteiger partial charge in [0.1, 0.15) is 0 Å². The molecule has 3 aromatic rings. The summed E-state index contributed by atoms with van der Waals surface area (Å²) in [4.78, 5) is 23.5. The molecular weight excluding hydrogens is 300 g/mol. The van der Waals surface area contributed by atoms with Crippen molar-refractivity contribution in [3.05, 3.63) is 83.9 Å². The van der Waals surface area contributed by atoms with E-state index in [0.717, 1.165) is 16.3 Å². The van der Waals surface area contributed by atoms with Gasteiger partial charge in [-0.3, -0.25) is 9.59 Å². The fraction of sp³-hybridized carbons (Fsp3) is 0. The smallest absolute Gasteiger partial charge is 0.250 e. The lowest BCUT2D eigenvalue weighted by atomic mass is 10.0. The molecule has 3 N–H and O–H groups in total. The largest absolute Gasteiger partial charge is 0.366 e. The number of nitrogens with two attached hydrogens (primary N) is 1. The Labute approximate surface area is 139 Å². The second-order valence-corrected chi connectivity index (χ2v) is 5.30. The van der Waals surface area contributed by atoms with E-state index in [-0.39, 0.29) is 11.5 Å². The zero-order chi connectivity index (χ0) is 16.9. The third kappa shape index (κ3) is 3.33. The highest BCUT2D eigenvalue weighted by molar-refractivity contribution is 6.07. The maximum Gasteiger partial charge on any atom is 0.250 e. The Balaban J connectivity index is 1.82. The first-order valence-corrected chi connectivity index (χ1v) is 7.51. The van der Waals surface area contributed by atoms with Crippen molar-refractivity contribution in [2.24, 2.45) is 5.73 Å². The van der Waals surface area contributed by atoms with Crippen molar-refractivity contribution in [3.8, 4) is 0 Å². The van der Waals surface area contributed by atoms with Gasteiger partial charge in [-0.05, 0) is 34.5 Å². The molecule has 4 heteroatoms. The van der Waals surface area contributed by atoms with Crippen molar-refractivity contribution in [2.45, 2.75) is 0 Å². The van der Waals surface area contributed by atoms with Gasteiger partial charge in [0, 0.05) is 6.08 Å². The minimum Gasteiger partial charge on any atom is -0.366 e. The van der Waals surface area contributed by atoms with E-state index in [1.807, 2.05) is 42.5 Å². The summed E-state index contributed by atoms with van der Waals surface area (Å²) in [5.74, 6) is -0.902. The molecule has 0 heterocycles. The van der Waals surface area contributed by atoms with Gasteiger partial charge in [-0.15, -0.1) is 0 Å². The second kappa shape index (κ2) is 6.79. The van der Waals surface area contributed by atoms with Gasteiger partial charge >= 0.3 is 0 Å². The van der Waals surface area contributed by atoms with Gasteiger partial charge in [0.15, 0.2) is 0 Å². The molecule has 0 bridgehead atoms. The van der Waals surface area contributed by atoms with Crippen LogP contribution in [0, 0.1) is 0 Å². The van der Waals surface area contributed by atoms with Crippen LogP contribution < -0.4 is 11.1 Å². The summed E-state index contributed by atoms with van der Waals surface area (Å²) < 4.78 is 0. The van der Waals surface area contributed by atoms with Crippen molar-refractivity contribution in [2.75, 3.05) is 5.32 Å². The van der Waals surface area contributed by atoms with Crippen LogP contribution in [-0.2, 0) is 4.79 Å². The van der Waals surface area contributed by atoms with Crippen molar-refractivity contribution >= 4 is 34.4 Å². The first kappa shape index (κ1) is 15.5. The molecule has 118 valence electrons. The number of carbonyl (C=O) groups excluding carboxylic acids is 2. The van der Waals surface area contributed by atoms with Crippen molar-refractivity contribution < 1.29 is 9.59 Å². The fourth-order valence-corrected chi connectivity index (χ4v) is 2.54. The monoisotopic (exact) mass is 316 g/mol. The molecule has 24 heavy (non-hydrogen) atoms. The highest BCUT2D eigenvalue weighted by Gasteiger charge is 2.08. The molecule has 0 radical (unpaired) electrons. The van der Waals surface area contributed by atoms with Crippen molar-refractivity contribution in [1.82, 2.24) is 0 Å². The molecule has 2 amide bonds. The van der Waals surface area contributed by atoms with Gasteiger partial charge in [0.05, 0.1) is 11.3 Å². The average molecular weight is 316 g/mol. The predicted octanol–water partition coefficient (Wildman–Crippen LogP) is 3.59. The number of amides is 2. The lowest BCUT2D eigenvalue weighted by molar-refractivity contribution is -0.111. The Morgan fingerprint density at radius 2 is 1.58 bits per heavy atom. The number of primary amides is 1. The Bertz CT molecular complexity index is 940. The minimum absolute atomic E-state index is 0.282. The molecule has 0 spiro atoms. The van der Waals surface area contributed by atoms with E-state index < -0.39 is 5.91 Å². The number of nitrogens with one attached hydrogen (secondary N) is 1. The van der Waals surface area contributed by atoms with Gasteiger partial charge < -0.3 is 11.1 Å². The summed E-state index contributed by atoms with van der Waals surface area (Å²) in [5, 5.41) is 4.86. The number of benzene rings is 3. The van der Waals surface area contributed by atoms with Crippen LogP contribution in [0.25, 0.3) is 16.8 Å². The number of fused-ring (bicyclic) bond motifs is 1. The molecular formula is C20H16N2O2. The summed E-state index contributed by atoms with van der Waals surface area (Å²) in [5.41, 5.74) is 6.94. The van der Waals surface area contributed by atoms with Crippen LogP contribution in [0.3, 0.4) is 0 Å². The third-order valence-electron chi connectivity index (χ3n) is 3.69. The van der Waals surface area contributed by atoms with E-state index in [2.05, 4.69) is 5.32 Å². The number of hydrogen-bond acceptors (Lipinski definition) is 2. The standard InChI is InChI=1S/C20H16N2O2/c21-20(24)17-10-3-4-11-18(17)22-19(23)13-12-15-8-5-7-14-6-1-2-9-16(14)15/h1-13H,(H2,21,24)(H,22,23)/b13-12+. The summed E-state index contributed by atoms with van der Waals surface area (Å²) in [6.07, 6.45) is 3.20. The SMILES string of the molecule is NC(=O)c1ccccc1NC(=O)/C=C/c1cccc2ccccc12. The quantitative estimate of drug-likeness (QED) is 0.722. The van der Waals surface area contributed by atoms with E-state index in [0.29, 0.717) is 5.69 Å². The molecule has 0 atom stereocenters. The van der Waals surface area contributed by atoms with Crippen LogP contribution in [-0.4, -0.2) is 11.8 Å². The Morgan fingerprint density at radius 3 is 2.42 bits per heavy atom. The molecule has 4 nitrogen and oxygen atoms in total. The van der Waals surface area contributed by atoms with E-state index in [4.69, 9.17) is 5.73 Å². The lowest BCUT2D eigenvalue weighted by Gasteiger charge is -2.06. The molecule has 0 saturated heterocycles. The van der Waals surface area contributed by atoms with Gasteiger partial charge in [0.2, 0.25) is 5.91 Å². The number of para-hydroxylation sites is 1.